The van der Waals surface area contributed by atoms with Crippen molar-refractivity contribution in [2.75, 3.05) is 0 Å². The lowest BCUT2D eigenvalue weighted by molar-refractivity contribution is 0.670. The highest BCUT2D eigenvalue weighted by atomic mass is 32.2. The second kappa shape index (κ2) is 11.4. The van der Waals surface area contributed by atoms with E-state index < -0.39 is 0 Å². The van der Waals surface area contributed by atoms with Crippen LogP contribution in [-0.2, 0) is 12.8 Å². The van der Waals surface area contributed by atoms with Gasteiger partial charge in [0.15, 0.2) is 0 Å². The molecule has 0 spiro atoms. The Morgan fingerprint density at radius 1 is 0.472 bits per heavy atom. The van der Waals surface area contributed by atoms with Crippen molar-refractivity contribution in [3.8, 4) is 0 Å². The maximum absolute atomic E-state index is 2.47. The van der Waals surface area contributed by atoms with Gasteiger partial charge in [0, 0.05) is 41.1 Å². The first-order valence-corrected chi connectivity index (χ1v) is 18.2. The molecule has 6 heteroatoms. The topological polar surface area (TPSA) is 0 Å². The molecular formula is C30H32S6. The van der Waals surface area contributed by atoms with Gasteiger partial charge in [-0.2, -0.15) is 0 Å². The van der Waals surface area contributed by atoms with E-state index >= 15 is 0 Å². The van der Waals surface area contributed by atoms with E-state index in [4.69, 9.17) is 0 Å². The molecule has 0 unspecified atom stereocenters. The summed E-state index contributed by atoms with van der Waals surface area (Å²) in [4.78, 5) is 5.89. The molecule has 0 aliphatic rings. The van der Waals surface area contributed by atoms with Crippen LogP contribution in [0.2, 0.25) is 0 Å². The number of hydrogen-bond acceptors (Lipinski definition) is 6. The minimum Gasteiger partial charge on any atom is -0.129 e. The van der Waals surface area contributed by atoms with Crippen LogP contribution in [0.3, 0.4) is 0 Å². The number of fused-ring (bicyclic) bond motifs is 6. The van der Waals surface area contributed by atoms with Crippen LogP contribution in [0.25, 0.3) is 49.8 Å². The van der Waals surface area contributed by atoms with E-state index in [0.29, 0.717) is 0 Å². The Morgan fingerprint density at radius 3 is 1.33 bits per heavy atom. The molecule has 188 valence electrons. The van der Waals surface area contributed by atoms with Gasteiger partial charge in [-0.15, -0.1) is 68.0 Å². The molecule has 0 nitrogen and oxygen atoms in total. The van der Waals surface area contributed by atoms with Crippen LogP contribution in [0.1, 0.15) is 84.7 Å². The van der Waals surface area contributed by atoms with Gasteiger partial charge in [0.2, 0.25) is 0 Å². The molecule has 0 aliphatic heterocycles. The van der Waals surface area contributed by atoms with E-state index in [1.54, 1.807) is 9.75 Å². The van der Waals surface area contributed by atoms with Crippen LogP contribution < -0.4 is 0 Å². The average molecular weight is 585 g/mol. The molecule has 0 amide bonds. The number of rotatable bonds is 12. The van der Waals surface area contributed by atoms with Gasteiger partial charge in [0.25, 0.3) is 0 Å². The molecule has 0 bridgehead atoms. The van der Waals surface area contributed by atoms with Crippen molar-refractivity contribution in [1.82, 2.24) is 0 Å². The minimum absolute atomic E-state index is 1.25. The fourth-order valence-electron chi connectivity index (χ4n) is 4.88. The van der Waals surface area contributed by atoms with Gasteiger partial charge >= 0.3 is 0 Å². The Balaban J connectivity index is 1.17. The molecule has 6 heterocycles. The lowest BCUT2D eigenvalue weighted by Crippen LogP contribution is -1.80. The van der Waals surface area contributed by atoms with Gasteiger partial charge in [0.1, 0.15) is 0 Å². The first-order chi connectivity index (χ1) is 17.7. The molecule has 0 fully saturated rings. The van der Waals surface area contributed by atoms with Crippen molar-refractivity contribution < 1.29 is 0 Å². The Morgan fingerprint density at radius 2 is 0.889 bits per heavy atom. The molecule has 0 N–H and O–H groups in total. The summed E-state index contributed by atoms with van der Waals surface area (Å²) in [6.07, 6.45) is 17.9. The molecule has 0 aromatic carbocycles. The van der Waals surface area contributed by atoms with E-state index in [1.807, 2.05) is 68.0 Å². The second-order valence-corrected chi connectivity index (χ2v) is 17.2. The van der Waals surface area contributed by atoms with Crippen molar-refractivity contribution in [3.05, 3.63) is 43.8 Å². The van der Waals surface area contributed by atoms with Crippen molar-refractivity contribution in [2.24, 2.45) is 0 Å². The summed E-state index contributed by atoms with van der Waals surface area (Å²) in [6.45, 7) is 4.57. The summed E-state index contributed by atoms with van der Waals surface area (Å²) in [5.74, 6) is 0. The van der Waals surface area contributed by atoms with E-state index in [1.165, 1.54) is 112 Å². The zero-order valence-corrected chi connectivity index (χ0v) is 25.9. The van der Waals surface area contributed by atoms with Gasteiger partial charge < -0.3 is 0 Å². The summed E-state index contributed by atoms with van der Waals surface area (Å²) in [7, 11) is 0. The third-order valence-corrected chi connectivity index (χ3v) is 14.2. The maximum Gasteiger partial charge on any atom is 0.0892 e. The lowest BCUT2D eigenvalue weighted by Gasteiger charge is -1.96. The van der Waals surface area contributed by atoms with Gasteiger partial charge in [-0.05, 0) is 62.1 Å². The van der Waals surface area contributed by atoms with E-state index in [2.05, 4.69) is 50.3 Å². The number of aryl methyl sites for hydroxylation is 2. The van der Waals surface area contributed by atoms with Crippen LogP contribution in [0, 0.1) is 0 Å². The predicted molar refractivity (Wildman–Crippen MR) is 175 cm³/mol. The highest BCUT2D eigenvalue weighted by Crippen LogP contribution is 2.46. The first-order valence-electron chi connectivity index (χ1n) is 13.3. The van der Waals surface area contributed by atoms with Gasteiger partial charge in [0.05, 0.1) is 16.1 Å². The summed E-state index contributed by atoms with van der Waals surface area (Å²) in [6, 6.07) is 9.78. The lowest BCUT2D eigenvalue weighted by atomic mass is 10.1. The van der Waals surface area contributed by atoms with Crippen LogP contribution in [0.5, 0.6) is 0 Å². The minimum atomic E-state index is 1.25. The van der Waals surface area contributed by atoms with Crippen molar-refractivity contribution in [3.63, 3.8) is 0 Å². The second-order valence-electron chi connectivity index (χ2n) is 9.69. The molecule has 36 heavy (non-hydrogen) atoms. The fraction of sp³-hybridized carbons (Fsp3) is 0.400. The molecule has 6 rings (SSSR count). The van der Waals surface area contributed by atoms with Crippen LogP contribution in [0.4, 0.5) is 0 Å². The Kier molecular flexibility index (Phi) is 7.99. The molecule has 0 atom stereocenters. The summed E-state index contributed by atoms with van der Waals surface area (Å²) in [5, 5.41) is 5.91. The van der Waals surface area contributed by atoms with Gasteiger partial charge in [-0.1, -0.05) is 52.4 Å². The number of hydrogen-bond donors (Lipinski definition) is 0. The van der Waals surface area contributed by atoms with Gasteiger partial charge in [-0.3, -0.25) is 0 Å². The Hall–Kier alpha value is -1.02. The third-order valence-electron chi connectivity index (χ3n) is 6.85. The Bertz CT molecular complexity index is 1500. The SMILES string of the molecule is CCCCCCc1cc2c(s1)sc1sc(/C=C/c3cc4c(s3)sc3sc(CCCCCC)cc34)cc12. The zero-order chi connectivity index (χ0) is 24.5. The molecule has 0 saturated carbocycles. The largest absolute Gasteiger partial charge is 0.129 e. The van der Waals surface area contributed by atoms with Crippen molar-refractivity contribution in [1.29, 1.82) is 0 Å². The first kappa shape index (κ1) is 25.3. The average Bonchev–Trinajstić information content (AvgIpc) is 3.67. The Labute approximate surface area is 237 Å². The summed E-state index contributed by atoms with van der Waals surface area (Å²) in [5.41, 5.74) is 0. The van der Waals surface area contributed by atoms with E-state index in [-0.39, 0.29) is 0 Å². The summed E-state index contributed by atoms with van der Waals surface area (Å²) < 4.78 is 5.99. The van der Waals surface area contributed by atoms with E-state index in [0.717, 1.165) is 0 Å². The molecule has 0 aliphatic carbocycles. The highest BCUT2D eigenvalue weighted by Gasteiger charge is 2.14. The van der Waals surface area contributed by atoms with Crippen molar-refractivity contribution in [2.45, 2.75) is 78.1 Å². The number of thiophene rings is 6. The van der Waals surface area contributed by atoms with E-state index in [9.17, 15) is 0 Å². The molecule has 0 saturated heterocycles. The zero-order valence-electron chi connectivity index (χ0n) is 21.0. The molecule has 0 radical (unpaired) electrons. The molecule has 6 aromatic rings. The molecular weight excluding hydrogens is 553 g/mol. The molecule has 6 aromatic heterocycles. The van der Waals surface area contributed by atoms with Crippen molar-refractivity contribution >= 4 is 118 Å². The maximum atomic E-state index is 2.47. The smallest absolute Gasteiger partial charge is 0.0892 e. The van der Waals surface area contributed by atoms with Crippen LogP contribution in [0.15, 0.2) is 24.3 Å². The predicted octanol–water partition coefficient (Wildman–Crippen LogP) is 13.1. The van der Waals surface area contributed by atoms with Crippen LogP contribution in [-0.4, -0.2) is 0 Å². The van der Waals surface area contributed by atoms with Gasteiger partial charge in [-0.25, -0.2) is 0 Å². The third kappa shape index (κ3) is 5.27. The summed E-state index contributed by atoms with van der Waals surface area (Å²) >= 11 is 11.9. The standard InChI is InChI=1S/C30H32S6/c1-3-5-7-9-11-19-15-23-25-17-21(33-29(25)35-27(23)31-19)13-14-22-18-26-24-16-20(12-10-8-6-4-2)32-28(24)36-30(26)34-22/h13-18H,3-12H2,1-2H3/b14-13+. The number of unbranched alkanes of at least 4 members (excludes halogenated alkanes) is 6. The monoisotopic (exact) mass is 584 g/mol. The quantitative estimate of drug-likeness (QED) is 0.125. The highest BCUT2D eigenvalue weighted by molar-refractivity contribution is 7.50. The van der Waals surface area contributed by atoms with Crippen LogP contribution >= 0.6 is 68.0 Å². The fourth-order valence-corrected chi connectivity index (χ4v) is 13.0. The normalized spacial score (nSPS) is 12.6.